The number of allylic oxidation sites excluding steroid dienone is 2. The van der Waals surface area contributed by atoms with E-state index in [9.17, 15) is 18.4 Å². The van der Waals surface area contributed by atoms with E-state index < -0.39 is 11.7 Å². The SMILES string of the molecule is C/C(Nc1ccccc1)=C(/C#N)c1cccc(C(F)(F)F)c1. The summed E-state index contributed by atoms with van der Waals surface area (Å²) >= 11 is 0. The van der Waals surface area contributed by atoms with Crippen LogP contribution in [0.3, 0.4) is 0 Å². The molecular weight excluding hydrogens is 289 g/mol. The van der Waals surface area contributed by atoms with Crippen LogP contribution in [0.15, 0.2) is 60.3 Å². The van der Waals surface area contributed by atoms with Gasteiger partial charge < -0.3 is 5.32 Å². The summed E-state index contributed by atoms with van der Waals surface area (Å²) in [5, 5.41) is 12.3. The van der Waals surface area contributed by atoms with Crippen molar-refractivity contribution in [3.05, 3.63) is 71.4 Å². The molecule has 0 bridgehead atoms. The Kier molecular flexibility index (Phi) is 4.52. The van der Waals surface area contributed by atoms with Crippen molar-refractivity contribution in [1.29, 1.82) is 5.26 Å². The number of halogens is 3. The zero-order valence-electron chi connectivity index (χ0n) is 11.8. The summed E-state index contributed by atoms with van der Waals surface area (Å²) < 4.78 is 38.3. The number of rotatable bonds is 3. The van der Waals surface area contributed by atoms with Crippen LogP contribution in [-0.4, -0.2) is 0 Å². The first-order valence-electron chi connectivity index (χ1n) is 6.52. The van der Waals surface area contributed by atoms with Gasteiger partial charge in [0.25, 0.3) is 0 Å². The Morgan fingerprint density at radius 3 is 2.32 bits per heavy atom. The summed E-state index contributed by atoms with van der Waals surface area (Å²) in [7, 11) is 0. The second-order valence-electron chi connectivity index (χ2n) is 4.68. The number of para-hydroxylation sites is 1. The van der Waals surface area contributed by atoms with Crippen LogP contribution in [-0.2, 0) is 6.18 Å². The van der Waals surface area contributed by atoms with Crippen LogP contribution in [0.5, 0.6) is 0 Å². The van der Waals surface area contributed by atoms with E-state index in [1.54, 1.807) is 6.92 Å². The molecule has 0 radical (unpaired) electrons. The summed E-state index contributed by atoms with van der Waals surface area (Å²) in [6.07, 6.45) is -4.43. The van der Waals surface area contributed by atoms with E-state index in [1.165, 1.54) is 12.1 Å². The first kappa shape index (κ1) is 15.6. The lowest BCUT2D eigenvalue weighted by Gasteiger charge is -2.11. The average molecular weight is 302 g/mol. The number of nitrogens with zero attached hydrogens (tertiary/aromatic N) is 1. The summed E-state index contributed by atoms with van der Waals surface area (Å²) in [5.41, 5.74) is 0.895. The maximum absolute atomic E-state index is 12.8. The largest absolute Gasteiger partial charge is 0.416 e. The van der Waals surface area contributed by atoms with Gasteiger partial charge in [0.1, 0.15) is 6.07 Å². The highest BCUT2D eigenvalue weighted by Gasteiger charge is 2.30. The zero-order chi connectivity index (χ0) is 16.2. The fourth-order valence-electron chi connectivity index (χ4n) is 2.02. The van der Waals surface area contributed by atoms with Crippen LogP contribution >= 0.6 is 0 Å². The molecule has 2 aromatic carbocycles. The Morgan fingerprint density at radius 1 is 1.05 bits per heavy atom. The van der Waals surface area contributed by atoms with E-state index in [1.807, 2.05) is 36.4 Å². The molecule has 2 rings (SSSR count). The summed E-state index contributed by atoms with van der Waals surface area (Å²) in [6, 6.07) is 15.8. The number of anilines is 1. The number of nitriles is 1. The van der Waals surface area contributed by atoms with Gasteiger partial charge in [0.2, 0.25) is 0 Å². The van der Waals surface area contributed by atoms with E-state index in [2.05, 4.69) is 5.32 Å². The van der Waals surface area contributed by atoms with Gasteiger partial charge in [0.15, 0.2) is 0 Å². The molecule has 112 valence electrons. The summed E-state index contributed by atoms with van der Waals surface area (Å²) in [4.78, 5) is 0. The number of hydrogen-bond donors (Lipinski definition) is 1. The first-order chi connectivity index (χ1) is 10.4. The van der Waals surface area contributed by atoms with E-state index in [0.29, 0.717) is 5.70 Å². The Hall–Kier alpha value is -2.74. The highest BCUT2D eigenvalue weighted by atomic mass is 19.4. The maximum atomic E-state index is 12.8. The Labute approximate surface area is 126 Å². The minimum Gasteiger partial charge on any atom is -0.358 e. The predicted octanol–water partition coefficient (Wildman–Crippen LogP) is 5.07. The van der Waals surface area contributed by atoms with Gasteiger partial charge in [-0.2, -0.15) is 18.4 Å². The van der Waals surface area contributed by atoms with Gasteiger partial charge in [0.05, 0.1) is 11.1 Å². The van der Waals surface area contributed by atoms with E-state index in [0.717, 1.165) is 17.8 Å². The van der Waals surface area contributed by atoms with Crippen LogP contribution in [0.2, 0.25) is 0 Å². The lowest BCUT2D eigenvalue weighted by atomic mass is 10.0. The molecule has 0 heterocycles. The molecule has 0 saturated carbocycles. The van der Waals surface area contributed by atoms with Gasteiger partial charge in [-0.15, -0.1) is 0 Å². The van der Waals surface area contributed by atoms with Crippen molar-refractivity contribution >= 4 is 11.3 Å². The minimum absolute atomic E-state index is 0.176. The van der Waals surface area contributed by atoms with E-state index in [4.69, 9.17) is 0 Å². The third kappa shape index (κ3) is 3.67. The van der Waals surface area contributed by atoms with Crippen molar-refractivity contribution in [2.24, 2.45) is 0 Å². The molecule has 2 nitrogen and oxygen atoms in total. The summed E-state index contributed by atoms with van der Waals surface area (Å²) in [5.74, 6) is 0. The third-order valence-corrected chi connectivity index (χ3v) is 3.07. The van der Waals surface area contributed by atoms with Gasteiger partial charge in [-0.3, -0.25) is 0 Å². The molecule has 0 aromatic heterocycles. The molecule has 0 spiro atoms. The van der Waals surface area contributed by atoms with Gasteiger partial charge in [-0.1, -0.05) is 30.3 Å². The molecule has 0 fully saturated rings. The van der Waals surface area contributed by atoms with Crippen LogP contribution in [0.25, 0.3) is 5.57 Å². The molecule has 0 amide bonds. The molecule has 5 heteroatoms. The van der Waals surface area contributed by atoms with Gasteiger partial charge in [-0.25, -0.2) is 0 Å². The second-order valence-corrected chi connectivity index (χ2v) is 4.68. The fourth-order valence-corrected chi connectivity index (χ4v) is 2.02. The second kappa shape index (κ2) is 6.35. The molecule has 0 unspecified atom stereocenters. The van der Waals surface area contributed by atoms with Crippen LogP contribution in [0.4, 0.5) is 18.9 Å². The van der Waals surface area contributed by atoms with E-state index >= 15 is 0 Å². The number of hydrogen-bond acceptors (Lipinski definition) is 2. The molecular formula is C17H13F3N2. The van der Waals surface area contributed by atoms with Gasteiger partial charge in [0, 0.05) is 11.4 Å². The fraction of sp³-hybridized carbons (Fsp3) is 0.118. The Bertz CT molecular complexity index is 726. The molecule has 0 saturated heterocycles. The normalized spacial score (nSPS) is 12.3. The highest BCUT2D eigenvalue weighted by molar-refractivity contribution is 5.81. The lowest BCUT2D eigenvalue weighted by Crippen LogP contribution is -2.06. The maximum Gasteiger partial charge on any atom is 0.416 e. The molecule has 2 aromatic rings. The standard InChI is InChI=1S/C17H13F3N2/c1-12(22-15-8-3-2-4-9-15)16(11-21)13-6-5-7-14(10-13)17(18,19)20/h2-10,22H,1H3/b16-12+. The molecule has 0 aliphatic heterocycles. The number of alkyl halides is 3. The highest BCUT2D eigenvalue weighted by Crippen LogP contribution is 2.31. The van der Waals surface area contributed by atoms with Crippen molar-refractivity contribution in [3.63, 3.8) is 0 Å². The predicted molar refractivity (Wildman–Crippen MR) is 79.7 cm³/mol. The van der Waals surface area contributed by atoms with E-state index in [-0.39, 0.29) is 11.1 Å². The van der Waals surface area contributed by atoms with Crippen LogP contribution in [0.1, 0.15) is 18.1 Å². The van der Waals surface area contributed by atoms with Crippen molar-refractivity contribution in [2.75, 3.05) is 5.32 Å². The van der Waals surface area contributed by atoms with Gasteiger partial charge >= 0.3 is 6.18 Å². The van der Waals surface area contributed by atoms with Crippen molar-refractivity contribution < 1.29 is 13.2 Å². The molecule has 0 aliphatic rings. The van der Waals surface area contributed by atoms with Crippen LogP contribution in [0, 0.1) is 11.3 Å². The minimum atomic E-state index is -4.43. The van der Waals surface area contributed by atoms with Crippen molar-refractivity contribution in [2.45, 2.75) is 13.1 Å². The topological polar surface area (TPSA) is 35.8 Å². The molecule has 22 heavy (non-hydrogen) atoms. The molecule has 0 atom stereocenters. The third-order valence-electron chi connectivity index (χ3n) is 3.07. The first-order valence-corrected chi connectivity index (χ1v) is 6.52. The summed E-state index contributed by atoms with van der Waals surface area (Å²) in [6.45, 7) is 1.66. The average Bonchev–Trinajstić information content (AvgIpc) is 2.48. The van der Waals surface area contributed by atoms with Crippen molar-refractivity contribution in [3.8, 4) is 6.07 Å². The molecule has 1 N–H and O–H groups in total. The number of benzene rings is 2. The monoisotopic (exact) mass is 302 g/mol. The van der Waals surface area contributed by atoms with Crippen LogP contribution < -0.4 is 5.32 Å². The quantitative estimate of drug-likeness (QED) is 0.803. The Balaban J connectivity index is 2.39. The van der Waals surface area contributed by atoms with Gasteiger partial charge in [-0.05, 0) is 36.8 Å². The zero-order valence-corrected chi connectivity index (χ0v) is 11.8. The van der Waals surface area contributed by atoms with Crippen molar-refractivity contribution in [1.82, 2.24) is 0 Å². The smallest absolute Gasteiger partial charge is 0.358 e. The molecule has 0 aliphatic carbocycles. The lowest BCUT2D eigenvalue weighted by molar-refractivity contribution is -0.137. The Morgan fingerprint density at radius 2 is 1.73 bits per heavy atom. The number of nitrogens with one attached hydrogen (secondary N) is 1.